The summed E-state index contributed by atoms with van der Waals surface area (Å²) < 4.78 is 40.5. The zero-order chi connectivity index (χ0) is 16.9. The predicted octanol–water partition coefficient (Wildman–Crippen LogP) is 2.67. The summed E-state index contributed by atoms with van der Waals surface area (Å²) in [6, 6.07) is 13.1. The fourth-order valence-electron chi connectivity index (χ4n) is 2.38. The molecule has 124 valence electrons. The van der Waals surface area contributed by atoms with Gasteiger partial charge < -0.3 is 5.73 Å². The molecule has 0 radical (unpaired) electrons. The highest BCUT2D eigenvalue weighted by Crippen LogP contribution is 2.22. The van der Waals surface area contributed by atoms with Crippen LogP contribution >= 0.6 is 0 Å². The number of nitrogens with zero attached hydrogens (tertiary/aromatic N) is 1. The van der Waals surface area contributed by atoms with Crippen LogP contribution in [0.1, 0.15) is 17.5 Å². The second-order valence-corrected chi connectivity index (χ2v) is 7.28. The molecular formula is C17H21FN2O2S. The molecule has 2 N–H and O–H groups in total. The molecule has 0 unspecified atom stereocenters. The quantitative estimate of drug-likeness (QED) is 0.845. The zero-order valence-electron chi connectivity index (χ0n) is 13.1. The summed E-state index contributed by atoms with van der Waals surface area (Å²) in [5.41, 5.74) is 6.83. The number of sulfonamides is 1. The molecule has 0 aliphatic carbocycles. The number of benzene rings is 2. The Balaban J connectivity index is 2.36. The lowest BCUT2D eigenvalue weighted by atomic mass is 10.2. The monoisotopic (exact) mass is 336 g/mol. The number of halogens is 1. The standard InChI is InChI=1S/C17H21FN2O2S/c1-14-12-16(18)8-9-17(14)23(21,22)20(11-5-10-19)13-15-6-3-2-4-7-15/h2-4,6-9,12H,5,10-11,13,19H2,1H3. The van der Waals surface area contributed by atoms with E-state index in [0.29, 0.717) is 25.1 Å². The first-order valence-electron chi connectivity index (χ1n) is 7.45. The van der Waals surface area contributed by atoms with Gasteiger partial charge in [0.05, 0.1) is 4.90 Å². The number of hydrogen-bond acceptors (Lipinski definition) is 3. The summed E-state index contributed by atoms with van der Waals surface area (Å²) in [6.45, 7) is 2.59. The van der Waals surface area contributed by atoms with Crippen LogP contribution < -0.4 is 5.73 Å². The molecule has 6 heteroatoms. The smallest absolute Gasteiger partial charge is 0.243 e. The number of aryl methyl sites for hydroxylation is 1. The van der Waals surface area contributed by atoms with Crippen LogP contribution in [0.2, 0.25) is 0 Å². The molecule has 0 aliphatic rings. The van der Waals surface area contributed by atoms with E-state index in [2.05, 4.69) is 0 Å². The average Bonchev–Trinajstić information content (AvgIpc) is 2.52. The first-order valence-corrected chi connectivity index (χ1v) is 8.89. The van der Waals surface area contributed by atoms with Crippen molar-refractivity contribution in [3.05, 3.63) is 65.5 Å². The van der Waals surface area contributed by atoms with E-state index in [-0.39, 0.29) is 11.4 Å². The van der Waals surface area contributed by atoms with Gasteiger partial charge in [0.2, 0.25) is 10.0 Å². The zero-order valence-corrected chi connectivity index (χ0v) is 13.9. The molecule has 0 fully saturated rings. The van der Waals surface area contributed by atoms with Crippen molar-refractivity contribution in [2.75, 3.05) is 13.1 Å². The molecule has 0 atom stereocenters. The van der Waals surface area contributed by atoms with E-state index in [0.717, 1.165) is 5.56 Å². The summed E-state index contributed by atoms with van der Waals surface area (Å²) in [5.74, 6) is -0.446. The Labute approximate surface area is 136 Å². The van der Waals surface area contributed by atoms with Gasteiger partial charge in [-0.3, -0.25) is 0 Å². The maximum absolute atomic E-state index is 13.3. The Kier molecular flexibility index (Phi) is 5.87. The molecule has 0 aromatic heterocycles. The Morgan fingerprint density at radius 2 is 1.83 bits per heavy atom. The van der Waals surface area contributed by atoms with E-state index < -0.39 is 15.8 Å². The van der Waals surface area contributed by atoms with Gasteiger partial charge in [-0.15, -0.1) is 0 Å². The fraction of sp³-hybridized carbons (Fsp3) is 0.294. The largest absolute Gasteiger partial charge is 0.330 e. The highest BCUT2D eigenvalue weighted by molar-refractivity contribution is 7.89. The molecule has 0 spiro atoms. The predicted molar refractivity (Wildman–Crippen MR) is 88.8 cm³/mol. The SMILES string of the molecule is Cc1cc(F)ccc1S(=O)(=O)N(CCCN)Cc1ccccc1. The molecule has 0 amide bonds. The minimum absolute atomic E-state index is 0.131. The van der Waals surface area contributed by atoms with Crippen molar-refractivity contribution < 1.29 is 12.8 Å². The van der Waals surface area contributed by atoms with Crippen molar-refractivity contribution in [1.82, 2.24) is 4.31 Å². The second kappa shape index (κ2) is 7.68. The molecule has 0 saturated carbocycles. The third-order valence-corrected chi connectivity index (χ3v) is 5.57. The van der Waals surface area contributed by atoms with Crippen molar-refractivity contribution in [2.45, 2.75) is 24.8 Å². The first kappa shape index (κ1) is 17.6. The van der Waals surface area contributed by atoms with Crippen molar-refractivity contribution in [3.63, 3.8) is 0 Å². The Hall–Kier alpha value is -1.76. The summed E-state index contributed by atoms with van der Waals surface area (Å²) in [6.07, 6.45) is 0.562. The van der Waals surface area contributed by atoms with Crippen LogP contribution in [0.5, 0.6) is 0 Å². The van der Waals surface area contributed by atoms with Gasteiger partial charge in [0.25, 0.3) is 0 Å². The van der Waals surface area contributed by atoms with E-state index in [4.69, 9.17) is 5.73 Å². The molecule has 2 rings (SSSR count). The van der Waals surface area contributed by atoms with Gasteiger partial charge in [0, 0.05) is 13.1 Å². The van der Waals surface area contributed by atoms with E-state index >= 15 is 0 Å². The lowest BCUT2D eigenvalue weighted by Gasteiger charge is -2.23. The Morgan fingerprint density at radius 3 is 2.43 bits per heavy atom. The van der Waals surface area contributed by atoms with Crippen molar-refractivity contribution in [3.8, 4) is 0 Å². The van der Waals surface area contributed by atoms with Gasteiger partial charge in [-0.2, -0.15) is 4.31 Å². The molecule has 2 aromatic carbocycles. The molecule has 4 nitrogen and oxygen atoms in total. The lowest BCUT2D eigenvalue weighted by molar-refractivity contribution is 0.401. The van der Waals surface area contributed by atoms with E-state index in [9.17, 15) is 12.8 Å². The minimum atomic E-state index is -3.71. The van der Waals surface area contributed by atoms with Crippen LogP contribution in [0, 0.1) is 12.7 Å². The second-order valence-electron chi connectivity index (χ2n) is 5.38. The topological polar surface area (TPSA) is 63.4 Å². The molecule has 0 saturated heterocycles. The third kappa shape index (κ3) is 4.37. The molecular weight excluding hydrogens is 315 g/mol. The highest BCUT2D eigenvalue weighted by Gasteiger charge is 2.26. The summed E-state index contributed by atoms with van der Waals surface area (Å²) >= 11 is 0. The van der Waals surface area contributed by atoms with Crippen LogP contribution in [-0.2, 0) is 16.6 Å². The van der Waals surface area contributed by atoms with Gasteiger partial charge in [-0.25, -0.2) is 12.8 Å². The molecule has 23 heavy (non-hydrogen) atoms. The van der Waals surface area contributed by atoms with Crippen molar-refractivity contribution in [1.29, 1.82) is 0 Å². The summed E-state index contributed by atoms with van der Waals surface area (Å²) in [7, 11) is -3.71. The van der Waals surface area contributed by atoms with Crippen LogP contribution in [-0.4, -0.2) is 25.8 Å². The van der Waals surface area contributed by atoms with E-state index in [1.165, 1.54) is 22.5 Å². The maximum Gasteiger partial charge on any atom is 0.243 e. The van der Waals surface area contributed by atoms with Crippen molar-refractivity contribution >= 4 is 10.0 Å². The number of rotatable bonds is 7. The van der Waals surface area contributed by atoms with Gasteiger partial charge in [0.1, 0.15) is 5.82 Å². The average molecular weight is 336 g/mol. The van der Waals surface area contributed by atoms with E-state index in [1.807, 2.05) is 30.3 Å². The lowest BCUT2D eigenvalue weighted by Crippen LogP contribution is -2.33. The van der Waals surface area contributed by atoms with Gasteiger partial charge in [-0.05, 0) is 49.2 Å². The van der Waals surface area contributed by atoms with Crippen molar-refractivity contribution in [2.24, 2.45) is 5.73 Å². The normalized spacial score (nSPS) is 11.8. The van der Waals surface area contributed by atoms with Crippen LogP contribution in [0.3, 0.4) is 0 Å². The Morgan fingerprint density at radius 1 is 1.13 bits per heavy atom. The van der Waals surface area contributed by atoms with Crippen LogP contribution in [0.25, 0.3) is 0 Å². The first-order chi connectivity index (χ1) is 10.9. The van der Waals surface area contributed by atoms with Gasteiger partial charge in [-0.1, -0.05) is 30.3 Å². The molecule has 2 aromatic rings. The molecule has 0 heterocycles. The highest BCUT2D eigenvalue weighted by atomic mass is 32.2. The van der Waals surface area contributed by atoms with E-state index in [1.54, 1.807) is 6.92 Å². The minimum Gasteiger partial charge on any atom is -0.330 e. The van der Waals surface area contributed by atoms with Crippen LogP contribution in [0.4, 0.5) is 4.39 Å². The fourth-order valence-corrected chi connectivity index (χ4v) is 4.05. The third-order valence-electron chi connectivity index (χ3n) is 3.57. The summed E-state index contributed by atoms with van der Waals surface area (Å²) in [4.78, 5) is 0.131. The van der Waals surface area contributed by atoms with Gasteiger partial charge in [0.15, 0.2) is 0 Å². The molecule has 0 bridgehead atoms. The van der Waals surface area contributed by atoms with Crippen LogP contribution in [0.15, 0.2) is 53.4 Å². The Bertz CT molecular complexity index is 748. The van der Waals surface area contributed by atoms with Gasteiger partial charge >= 0.3 is 0 Å². The maximum atomic E-state index is 13.3. The summed E-state index contributed by atoms with van der Waals surface area (Å²) in [5, 5.41) is 0. The molecule has 0 aliphatic heterocycles. The number of hydrogen-bond donors (Lipinski definition) is 1. The number of nitrogens with two attached hydrogens (primary N) is 1.